The number of likely N-dealkylation sites (tertiary alicyclic amines) is 1. The van der Waals surface area contributed by atoms with E-state index in [0.29, 0.717) is 23.2 Å². The van der Waals surface area contributed by atoms with E-state index in [1.165, 1.54) is 30.7 Å². The highest BCUT2D eigenvalue weighted by molar-refractivity contribution is 7.17. The molecule has 6 heteroatoms. The van der Waals surface area contributed by atoms with Gasteiger partial charge in [0, 0.05) is 18.2 Å². The molecule has 2 aromatic rings. The third-order valence-corrected chi connectivity index (χ3v) is 5.84. The Kier molecular flexibility index (Phi) is 5.71. The summed E-state index contributed by atoms with van der Waals surface area (Å²) in [5.41, 5.74) is 1.47. The van der Waals surface area contributed by atoms with E-state index >= 15 is 0 Å². The van der Waals surface area contributed by atoms with Crippen LogP contribution in [0.5, 0.6) is 5.75 Å². The Hall–Kier alpha value is -1.92. The quantitative estimate of drug-likeness (QED) is 0.754. The standard InChI is InChI=1S/C19H24N2O3S/c1-13-5-3-10-21(13)11-4-12-24-16-8-6-15(7-9-16)18-20-14(2)17(25-18)19(22)23/h6-9,13H,3-5,10-12H2,1-2H3,(H,22,23). The zero-order valence-corrected chi connectivity index (χ0v) is 15.5. The fraction of sp³-hybridized carbons (Fsp3) is 0.474. The van der Waals surface area contributed by atoms with Crippen LogP contribution in [0.1, 0.15) is 41.6 Å². The number of hydrogen-bond acceptors (Lipinski definition) is 5. The second-order valence-corrected chi connectivity index (χ2v) is 7.49. The number of carboxylic acid groups (broad SMARTS) is 1. The van der Waals surface area contributed by atoms with E-state index in [1.54, 1.807) is 6.92 Å². The van der Waals surface area contributed by atoms with Crippen LogP contribution in [0.3, 0.4) is 0 Å². The lowest BCUT2D eigenvalue weighted by molar-refractivity contribution is 0.0701. The van der Waals surface area contributed by atoms with Crippen LogP contribution in [0.25, 0.3) is 10.6 Å². The van der Waals surface area contributed by atoms with Crippen LogP contribution in [0.2, 0.25) is 0 Å². The Labute approximate surface area is 152 Å². The van der Waals surface area contributed by atoms with Gasteiger partial charge in [-0.2, -0.15) is 0 Å². The van der Waals surface area contributed by atoms with Crippen molar-refractivity contribution in [1.82, 2.24) is 9.88 Å². The number of carbonyl (C=O) groups is 1. The van der Waals surface area contributed by atoms with Gasteiger partial charge in [-0.15, -0.1) is 11.3 Å². The lowest BCUT2D eigenvalue weighted by Gasteiger charge is -2.20. The number of rotatable bonds is 7. The molecule has 1 N–H and O–H groups in total. The van der Waals surface area contributed by atoms with Crippen molar-refractivity contribution < 1.29 is 14.6 Å². The first kappa shape index (κ1) is 17.9. The molecular weight excluding hydrogens is 336 g/mol. The Morgan fingerprint density at radius 1 is 1.40 bits per heavy atom. The number of benzene rings is 1. The van der Waals surface area contributed by atoms with Crippen molar-refractivity contribution in [3.63, 3.8) is 0 Å². The summed E-state index contributed by atoms with van der Waals surface area (Å²) in [6.07, 6.45) is 3.64. The van der Waals surface area contributed by atoms with Crippen LogP contribution in [-0.2, 0) is 0 Å². The van der Waals surface area contributed by atoms with Gasteiger partial charge >= 0.3 is 5.97 Å². The third kappa shape index (κ3) is 4.38. The molecule has 0 amide bonds. The van der Waals surface area contributed by atoms with Crippen LogP contribution < -0.4 is 4.74 Å². The molecule has 1 aliphatic rings. The van der Waals surface area contributed by atoms with E-state index < -0.39 is 5.97 Å². The largest absolute Gasteiger partial charge is 0.494 e. The molecule has 0 spiro atoms. The fourth-order valence-corrected chi connectivity index (χ4v) is 4.11. The summed E-state index contributed by atoms with van der Waals surface area (Å²) in [4.78, 5) is 18.3. The molecule has 1 fully saturated rings. The lowest BCUT2D eigenvalue weighted by atomic mass is 10.2. The molecule has 0 radical (unpaired) electrons. The third-order valence-electron chi connectivity index (χ3n) is 4.64. The monoisotopic (exact) mass is 360 g/mol. The van der Waals surface area contributed by atoms with Gasteiger partial charge in [-0.05, 0) is 63.9 Å². The number of thiazole rings is 1. The first-order valence-corrected chi connectivity index (χ1v) is 9.54. The molecular formula is C19H24N2O3S. The highest BCUT2D eigenvalue weighted by Gasteiger charge is 2.19. The van der Waals surface area contributed by atoms with Gasteiger partial charge in [0.15, 0.2) is 0 Å². The second-order valence-electron chi connectivity index (χ2n) is 6.49. The number of hydrogen-bond donors (Lipinski definition) is 1. The average Bonchev–Trinajstić information content (AvgIpc) is 3.18. The van der Waals surface area contributed by atoms with Gasteiger partial charge < -0.3 is 14.7 Å². The van der Waals surface area contributed by atoms with Gasteiger partial charge in [-0.3, -0.25) is 0 Å². The van der Waals surface area contributed by atoms with E-state index in [9.17, 15) is 4.79 Å². The van der Waals surface area contributed by atoms with Crippen molar-refractivity contribution in [1.29, 1.82) is 0 Å². The predicted octanol–water partition coefficient (Wildman–Crippen LogP) is 4.07. The highest BCUT2D eigenvalue weighted by atomic mass is 32.1. The lowest BCUT2D eigenvalue weighted by Crippen LogP contribution is -2.28. The smallest absolute Gasteiger partial charge is 0.347 e. The Morgan fingerprint density at radius 2 is 2.16 bits per heavy atom. The summed E-state index contributed by atoms with van der Waals surface area (Å²) in [5.74, 6) is -0.0847. The van der Waals surface area contributed by atoms with Gasteiger partial charge in [0.2, 0.25) is 0 Å². The summed E-state index contributed by atoms with van der Waals surface area (Å²) in [7, 11) is 0. The number of aryl methyl sites for hydroxylation is 1. The summed E-state index contributed by atoms with van der Waals surface area (Å²) in [6, 6.07) is 8.41. The summed E-state index contributed by atoms with van der Waals surface area (Å²) in [6.45, 7) is 7.03. The van der Waals surface area contributed by atoms with Crippen LogP contribution in [0.4, 0.5) is 0 Å². The zero-order chi connectivity index (χ0) is 17.8. The summed E-state index contributed by atoms with van der Waals surface area (Å²) < 4.78 is 5.82. The van der Waals surface area contributed by atoms with E-state index in [0.717, 1.165) is 29.3 Å². The van der Waals surface area contributed by atoms with Crippen molar-refractivity contribution in [2.24, 2.45) is 0 Å². The predicted molar refractivity (Wildman–Crippen MR) is 99.6 cm³/mol. The number of aromatic nitrogens is 1. The molecule has 25 heavy (non-hydrogen) atoms. The van der Waals surface area contributed by atoms with E-state index in [2.05, 4.69) is 16.8 Å². The zero-order valence-electron chi connectivity index (χ0n) is 14.7. The molecule has 1 aromatic heterocycles. The van der Waals surface area contributed by atoms with E-state index in [1.807, 2.05) is 24.3 Å². The molecule has 0 saturated carbocycles. The van der Waals surface area contributed by atoms with Crippen LogP contribution in [-0.4, -0.2) is 46.7 Å². The SMILES string of the molecule is Cc1nc(-c2ccc(OCCCN3CCCC3C)cc2)sc1C(=O)O. The second kappa shape index (κ2) is 7.97. The molecule has 134 valence electrons. The Bertz CT molecular complexity index is 727. The summed E-state index contributed by atoms with van der Waals surface area (Å²) >= 11 is 1.21. The van der Waals surface area contributed by atoms with E-state index in [-0.39, 0.29) is 0 Å². The summed E-state index contributed by atoms with van der Waals surface area (Å²) in [5, 5.41) is 9.86. The van der Waals surface area contributed by atoms with Gasteiger partial charge in [0.05, 0.1) is 12.3 Å². The minimum Gasteiger partial charge on any atom is -0.494 e. The molecule has 1 saturated heterocycles. The molecule has 1 aliphatic heterocycles. The number of aromatic carboxylic acids is 1. The van der Waals surface area contributed by atoms with Crippen molar-refractivity contribution in [3.05, 3.63) is 34.8 Å². The Morgan fingerprint density at radius 3 is 2.76 bits per heavy atom. The van der Waals surface area contributed by atoms with Gasteiger partial charge in [-0.25, -0.2) is 9.78 Å². The average molecular weight is 360 g/mol. The van der Waals surface area contributed by atoms with Crippen molar-refractivity contribution in [3.8, 4) is 16.3 Å². The highest BCUT2D eigenvalue weighted by Crippen LogP contribution is 2.29. The van der Waals surface area contributed by atoms with E-state index in [4.69, 9.17) is 9.84 Å². The molecule has 1 atom stereocenters. The maximum absolute atomic E-state index is 11.1. The minimum atomic E-state index is -0.923. The fourth-order valence-electron chi connectivity index (χ4n) is 3.19. The van der Waals surface area contributed by atoms with Gasteiger partial charge in [0.25, 0.3) is 0 Å². The molecule has 1 unspecified atom stereocenters. The number of carboxylic acids is 1. The molecule has 3 rings (SSSR count). The first-order chi connectivity index (χ1) is 12.0. The van der Waals surface area contributed by atoms with Crippen LogP contribution in [0, 0.1) is 6.92 Å². The maximum Gasteiger partial charge on any atom is 0.347 e. The first-order valence-electron chi connectivity index (χ1n) is 8.72. The molecule has 5 nitrogen and oxygen atoms in total. The molecule has 0 bridgehead atoms. The number of ether oxygens (including phenoxy) is 1. The van der Waals surface area contributed by atoms with Crippen molar-refractivity contribution in [2.45, 2.75) is 39.2 Å². The van der Waals surface area contributed by atoms with Gasteiger partial charge in [-0.1, -0.05) is 0 Å². The normalized spacial score (nSPS) is 17.8. The molecule has 1 aromatic carbocycles. The van der Waals surface area contributed by atoms with Crippen LogP contribution in [0.15, 0.2) is 24.3 Å². The van der Waals surface area contributed by atoms with Crippen LogP contribution >= 0.6 is 11.3 Å². The Balaban J connectivity index is 1.52. The molecule has 2 heterocycles. The number of nitrogens with zero attached hydrogens (tertiary/aromatic N) is 2. The molecule has 0 aliphatic carbocycles. The van der Waals surface area contributed by atoms with Crippen molar-refractivity contribution in [2.75, 3.05) is 19.7 Å². The topological polar surface area (TPSA) is 62.7 Å². The maximum atomic E-state index is 11.1. The van der Waals surface area contributed by atoms with Gasteiger partial charge in [0.1, 0.15) is 15.6 Å². The minimum absolute atomic E-state index is 0.298. The van der Waals surface area contributed by atoms with Crippen molar-refractivity contribution >= 4 is 17.3 Å².